The third-order valence-electron chi connectivity index (χ3n) is 2.22. The van der Waals surface area contributed by atoms with Crippen LogP contribution in [0.1, 0.15) is 24.3 Å². The third-order valence-corrected chi connectivity index (χ3v) is 2.22. The summed E-state index contributed by atoms with van der Waals surface area (Å²) in [6.07, 6.45) is 0.998. The fraction of sp³-hybridized carbons (Fsp3) is 0.556. The summed E-state index contributed by atoms with van der Waals surface area (Å²) in [6, 6.07) is -1.32. The van der Waals surface area contributed by atoms with Crippen LogP contribution in [0.3, 0.4) is 0 Å². The number of aliphatic carboxylic acids is 1. The molecule has 15 heavy (non-hydrogen) atoms. The average molecular weight is 213 g/mol. The van der Waals surface area contributed by atoms with Crippen LogP contribution < -0.4 is 5.73 Å². The van der Waals surface area contributed by atoms with Crippen molar-refractivity contribution >= 4 is 5.97 Å². The molecule has 0 aliphatic rings. The number of carbonyl (C=O) groups is 1. The van der Waals surface area contributed by atoms with Crippen molar-refractivity contribution in [1.82, 2.24) is 9.78 Å². The molecule has 4 N–H and O–H groups in total. The molecule has 0 spiro atoms. The maximum absolute atomic E-state index is 10.6. The lowest BCUT2D eigenvalue weighted by atomic mass is 10.0. The van der Waals surface area contributed by atoms with E-state index in [4.69, 9.17) is 10.8 Å². The van der Waals surface area contributed by atoms with Gasteiger partial charge in [-0.1, -0.05) is 6.92 Å². The number of aliphatic hydroxyl groups excluding tert-OH is 1. The zero-order valence-electron chi connectivity index (χ0n) is 8.71. The Bertz CT molecular complexity index is 361. The number of carboxylic acids is 1. The zero-order valence-corrected chi connectivity index (χ0v) is 8.71. The Balaban J connectivity index is 2.99. The number of aromatic nitrogens is 2. The van der Waals surface area contributed by atoms with Crippen LogP contribution in [0.2, 0.25) is 0 Å². The maximum atomic E-state index is 10.6. The van der Waals surface area contributed by atoms with E-state index in [0.717, 1.165) is 0 Å². The normalized spacial score (nSPS) is 14.9. The molecule has 0 saturated heterocycles. The fourth-order valence-corrected chi connectivity index (χ4v) is 1.40. The van der Waals surface area contributed by atoms with Gasteiger partial charge in [0.15, 0.2) is 0 Å². The molecule has 2 unspecified atom stereocenters. The van der Waals surface area contributed by atoms with E-state index in [1.165, 1.54) is 4.68 Å². The van der Waals surface area contributed by atoms with Crippen molar-refractivity contribution in [2.24, 2.45) is 12.8 Å². The van der Waals surface area contributed by atoms with E-state index in [0.29, 0.717) is 17.7 Å². The molecule has 1 aromatic heterocycles. The Labute approximate surface area is 87.3 Å². The molecule has 6 heteroatoms. The van der Waals surface area contributed by atoms with Crippen molar-refractivity contribution in [2.75, 3.05) is 0 Å². The SMILES string of the molecule is CCc1nn(C)cc1C(O)C(N)C(=O)O. The molecule has 0 bridgehead atoms. The summed E-state index contributed by atoms with van der Waals surface area (Å²) >= 11 is 0. The zero-order chi connectivity index (χ0) is 11.6. The standard InChI is InChI=1S/C9H15N3O3/c1-3-6-5(4-12(2)11-6)8(13)7(10)9(14)15/h4,7-8,13H,3,10H2,1-2H3,(H,14,15). The van der Waals surface area contributed by atoms with Gasteiger partial charge in [0.25, 0.3) is 0 Å². The van der Waals surface area contributed by atoms with Crippen LogP contribution >= 0.6 is 0 Å². The van der Waals surface area contributed by atoms with Gasteiger partial charge in [0.1, 0.15) is 12.1 Å². The predicted octanol–water partition coefficient (Wildman–Crippen LogP) is -0.572. The fourth-order valence-electron chi connectivity index (χ4n) is 1.40. The summed E-state index contributed by atoms with van der Waals surface area (Å²) in [7, 11) is 1.71. The van der Waals surface area contributed by atoms with Crippen LogP contribution in [0.15, 0.2) is 6.20 Å². The molecule has 1 rings (SSSR count). The highest BCUT2D eigenvalue weighted by molar-refractivity contribution is 5.74. The minimum absolute atomic E-state index is 0.481. The Hall–Kier alpha value is -1.40. The van der Waals surface area contributed by atoms with Crippen LogP contribution in [0.25, 0.3) is 0 Å². The molecule has 0 aliphatic carbocycles. The number of nitrogens with zero attached hydrogens (tertiary/aromatic N) is 2. The molecule has 0 fully saturated rings. The van der Waals surface area contributed by atoms with Gasteiger partial charge < -0.3 is 15.9 Å². The van der Waals surface area contributed by atoms with E-state index < -0.39 is 18.1 Å². The first-order valence-electron chi connectivity index (χ1n) is 4.66. The van der Waals surface area contributed by atoms with E-state index >= 15 is 0 Å². The maximum Gasteiger partial charge on any atom is 0.323 e. The molecule has 6 nitrogen and oxygen atoms in total. The minimum atomic E-state index is -1.32. The molecule has 2 atom stereocenters. The third kappa shape index (κ3) is 2.34. The van der Waals surface area contributed by atoms with Crippen molar-refractivity contribution < 1.29 is 15.0 Å². The number of carboxylic acid groups (broad SMARTS) is 1. The van der Waals surface area contributed by atoms with Gasteiger partial charge in [-0.05, 0) is 6.42 Å². The summed E-state index contributed by atoms with van der Waals surface area (Å²) < 4.78 is 1.53. The second-order valence-electron chi connectivity index (χ2n) is 3.37. The van der Waals surface area contributed by atoms with Gasteiger partial charge in [0.2, 0.25) is 0 Å². The van der Waals surface area contributed by atoms with Gasteiger partial charge in [-0.25, -0.2) is 0 Å². The smallest absolute Gasteiger partial charge is 0.323 e. The van der Waals surface area contributed by atoms with Crippen molar-refractivity contribution in [3.63, 3.8) is 0 Å². The first-order chi connectivity index (χ1) is 6.97. The molecule has 0 amide bonds. The summed E-state index contributed by atoms with van der Waals surface area (Å²) in [5.74, 6) is -1.23. The van der Waals surface area contributed by atoms with E-state index in [1.54, 1.807) is 13.2 Å². The quantitative estimate of drug-likeness (QED) is 0.621. The lowest BCUT2D eigenvalue weighted by Crippen LogP contribution is -2.36. The van der Waals surface area contributed by atoms with Crippen molar-refractivity contribution in [3.05, 3.63) is 17.5 Å². The molecule has 0 aromatic carbocycles. The van der Waals surface area contributed by atoms with Crippen LogP contribution in [0.4, 0.5) is 0 Å². The van der Waals surface area contributed by atoms with Crippen LogP contribution in [0, 0.1) is 0 Å². The Morgan fingerprint density at radius 1 is 1.73 bits per heavy atom. The molecule has 0 aliphatic heterocycles. The molecule has 1 heterocycles. The van der Waals surface area contributed by atoms with E-state index in [2.05, 4.69) is 5.10 Å². The van der Waals surface area contributed by atoms with E-state index in [-0.39, 0.29) is 0 Å². The minimum Gasteiger partial charge on any atom is -0.480 e. The van der Waals surface area contributed by atoms with Gasteiger partial charge in [-0.2, -0.15) is 5.10 Å². The second kappa shape index (κ2) is 4.41. The first kappa shape index (κ1) is 11.7. The number of rotatable bonds is 4. The Kier molecular flexibility index (Phi) is 3.43. The van der Waals surface area contributed by atoms with Gasteiger partial charge in [0.05, 0.1) is 5.69 Å². The lowest BCUT2D eigenvalue weighted by Gasteiger charge is -2.14. The molecule has 0 radical (unpaired) electrons. The number of aryl methyl sites for hydroxylation is 2. The highest BCUT2D eigenvalue weighted by atomic mass is 16.4. The Morgan fingerprint density at radius 2 is 2.33 bits per heavy atom. The van der Waals surface area contributed by atoms with Crippen LogP contribution in [0.5, 0.6) is 0 Å². The monoisotopic (exact) mass is 213 g/mol. The van der Waals surface area contributed by atoms with Gasteiger partial charge >= 0.3 is 5.97 Å². The largest absolute Gasteiger partial charge is 0.480 e. The van der Waals surface area contributed by atoms with Crippen LogP contribution in [-0.2, 0) is 18.3 Å². The first-order valence-corrected chi connectivity index (χ1v) is 4.66. The van der Waals surface area contributed by atoms with Crippen molar-refractivity contribution in [2.45, 2.75) is 25.5 Å². The Morgan fingerprint density at radius 3 is 2.80 bits per heavy atom. The van der Waals surface area contributed by atoms with Gasteiger partial charge in [0, 0.05) is 18.8 Å². The second-order valence-corrected chi connectivity index (χ2v) is 3.37. The summed E-state index contributed by atoms with van der Waals surface area (Å²) in [6.45, 7) is 1.88. The van der Waals surface area contributed by atoms with Crippen LogP contribution in [-0.4, -0.2) is 32.0 Å². The highest BCUT2D eigenvalue weighted by Crippen LogP contribution is 2.19. The number of aliphatic hydroxyl groups is 1. The summed E-state index contributed by atoms with van der Waals surface area (Å²) in [5, 5.41) is 22.5. The number of nitrogens with two attached hydrogens (primary N) is 1. The number of hydrogen-bond donors (Lipinski definition) is 3. The molecule has 84 valence electrons. The topological polar surface area (TPSA) is 101 Å². The molecule has 1 aromatic rings. The van der Waals surface area contributed by atoms with E-state index in [1.807, 2.05) is 6.92 Å². The predicted molar refractivity (Wildman–Crippen MR) is 53.2 cm³/mol. The summed E-state index contributed by atoms with van der Waals surface area (Å²) in [4.78, 5) is 10.6. The van der Waals surface area contributed by atoms with Crippen molar-refractivity contribution in [1.29, 1.82) is 0 Å². The van der Waals surface area contributed by atoms with E-state index in [9.17, 15) is 9.90 Å². The summed E-state index contributed by atoms with van der Waals surface area (Å²) in [5.41, 5.74) is 6.49. The highest BCUT2D eigenvalue weighted by Gasteiger charge is 2.26. The van der Waals surface area contributed by atoms with Gasteiger partial charge in [-0.3, -0.25) is 9.48 Å². The number of hydrogen-bond acceptors (Lipinski definition) is 4. The van der Waals surface area contributed by atoms with Gasteiger partial charge in [-0.15, -0.1) is 0 Å². The lowest BCUT2D eigenvalue weighted by molar-refractivity contribution is -0.141. The molecule has 0 saturated carbocycles. The average Bonchev–Trinajstić information content (AvgIpc) is 2.57. The molecular formula is C9H15N3O3. The van der Waals surface area contributed by atoms with Crippen molar-refractivity contribution in [3.8, 4) is 0 Å². The molecular weight excluding hydrogens is 198 g/mol.